The largest absolute Gasteiger partial charge is 0.491 e. The predicted molar refractivity (Wildman–Crippen MR) is 187 cm³/mol. The van der Waals surface area contributed by atoms with E-state index in [0.717, 1.165) is 18.5 Å². The van der Waals surface area contributed by atoms with Crippen LogP contribution in [-0.4, -0.2) is 112 Å². The van der Waals surface area contributed by atoms with Crippen molar-refractivity contribution in [3.8, 4) is 11.5 Å². The van der Waals surface area contributed by atoms with E-state index in [0.29, 0.717) is 117 Å². The third kappa shape index (κ3) is 24.6. The molecule has 0 atom stereocenters. The van der Waals surface area contributed by atoms with Crippen molar-refractivity contribution in [2.45, 2.75) is 58.3 Å². The monoisotopic (exact) mass is 676 g/mol. The summed E-state index contributed by atoms with van der Waals surface area (Å²) < 4.78 is 49.9. The molecule has 0 bridgehead atoms. The Labute approximate surface area is 288 Å². The molecule has 0 spiro atoms. The van der Waals surface area contributed by atoms with Crippen LogP contribution in [0.15, 0.2) is 48.5 Å². The normalized spacial score (nSPS) is 11.2. The second kappa shape index (κ2) is 31.7. The summed E-state index contributed by atoms with van der Waals surface area (Å²) in [6, 6.07) is 15.4. The predicted octanol–water partition coefficient (Wildman–Crippen LogP) is 6.37. The summed E-state index contributed by atoms with van der Waals surface area (Å²) in [5.74, 6) is 1.59. The molecule has 0 saturated carbocycles. The maximum Gasteiger partial charge on any atom is 0.150 e. The Morgan fingerprint density at radius 2 is 0.750 bits per heavy atom. The Kier molecular flexibility index (Phi) is 27.5. The van der Waals surface area contributed by atoms with E-state index in [9.17, 15) is 4.79 Å². The van der Waals surface area contributed by atoms with Crippen LogP contribution in [-0.2, 0) is 39.6 Å². The van der Waals surface area contributed by atoms with E-state index in [4.69, 9.17) is 42.6 Å². The minimum Gasteiger partial charge on any atom is -0.491 e. The quantitative estimate of drug-likeness (QED) is 0.0605. The summed E-state index contributed by atoms with van der Waals surface area (Å²) in [5.41, 5.74) is 2.00. The number of aryl methyl sites for hydroxylation is 1. The highest BCUT2D eigenvalue weighted by Gasteiger charge is 1.99. The van der Waals surface area contributed by atoms with Gasteiger partial charge in [0.05, 0.1) is 92.5 Å². The van der Waals surface area contributed by atoms with Crippen LogP contribution in [0.4, 0.5) is 0 Å². The summed E-state index contributed by atoms with van der Waals surface area (Å²) in [6.45, 7) is 10.3. The first kappa shape index (κ1) is 41.6. The van der Waals surface area contributed by atoms with Gasteiger partial charge in [-0.1, -0.05) is 57.6 Å². The minimum absolute atomic E-state index is 0.435. The van der Waals surface area contributed by atoms with E-state index in [2.05, 4.69) is 31.2 Å². The van der Waals surface area contributed by atoms with Gasteiger partial charge in [-0.15, -0.1) is 0 Å². The molecular weight excluding hydrogens is 616 g/mol. The van der Waals surface area contributed by atoms with Gasteiger partial charge in [0.15, 0.2) is 0 Å². The van der Waals surface area contributed by atoms with Crippen molar-refractivity contribution in [2.24, 2.45) is 0 Å². The minimum atomic E-state index is 0.435. The van der Waals surface area contributed by atoms with Crippen LogP contribution >= 0.6 is 0 Å². The van der Waals surface area contributed by atoms with Crippen molar-refractivity contribution in [2.75, 3.05) is 106 Å². The molecule has 0 aromatic heterocycles. The van der Waals surface area contributed by atoms with Crippen LogP contribution in [0, 0.1) is 0 Å². The fraction of sp³-hybridized carbons (Fsp3) is 0.658. The van der Waals surface area contributed by atoms with Gasteiger partial charge in [0.2, 0.25) is 0 Å². The smallest absolute Gasteiger partial charge is 0.150 e. The van der Waals surface area contributed by atoms with Crippen LogP contribution in [0.1, 0.15) is 67.8 Å². The second-order valence-electron chi connectivity index (χ2n) is 11.2. The van der Waals surface area contributed by atoms with E-state index in [1.807, 2.05) is 0 Å². The lowest BCUT2D eigenvalue weighted by Crippen LogP contribution is -2.15. The summed E-state index contributed by atoms with van der Waals surface area (Å²) >= 11 is 0. The standard InChI is InChI=1S/C38H60O10/c1-2-3-4-5-6-7-8-9-35-10-14-37(15-11-35)47-32-30-45-28-26-43-24-22-41-20-18-40-19-21-42-23-25-44-27-29-46-31-33-48-38-16-12-36(34-39)13-17-38/h10-17,34H,2-9,18-33H2,1H3. The number of ether oxygens (including phenoxy) is 9. The average molecular weight is 677 g/mol. The molecule has 2 aromatic carbocycles. The molecule has 0 N–H and O–H groups in total. The molecule has 0 radical (unpaired) electrons. The highest BCUT2D eigenvalue weighted by atomic mass is 16.6. The highest BCUT2D eigenvalue weighted by Crippen LogP contribution is 2.15. The van der Waals surface area contributed by atoms with Gasteiger partial charge in [-0.3, -0.25) is 4.79 Å². The second-order valence-corrected chi connectivity index (χ2v) is 11.2. The molecule has 0 aliphatic rings. The lowest BCUT2D eigenvalue weighted by molar-refractivity contribution is -0.0218. The van der Waals surface area contributed by atoms with E-state index in [1.54, 1.807) is 24.3 Å². The topological polar surface area (TPSA) is 100 Å². The number of carbonyl (C=O) groups is 1. The van der Waals surface area contributed by atoms with Gasteiger partial charge in [-0.25, -0.2) is 0 Å². The summed E-state index contributed by atoms with van der Waals surface area (Å²) in [4.78, 5) is 10.6. The zero-order chi connectivity index (χ0) is 34.0. The zero-order valence-corrected chi connectivity index (χ0v) is 29.2. The molecule has 10 heteroatoms. The summed E-state index contributed by atoms with van der Waals surface area (Å²) in [7, 11) is 0. The van der Waals surface area contributed by atoms with Crippen molar-refractivity contribution < 1.29 is 47.4 Å². The van der Waals surface area contributed by atoms with Crippen molar-refractivity contribution in [3.63, 3.8) is 0 Å². The molecule has 10 nitrogen and oxygen atoms in total. The molecule has 48 heavy (non-hydrogen) atoms. The molecule has 2 rings (SSSR count). The molecule has 272 valence electrons. The van der Waals surface area contributed by atoms with E-state index >= 15 is 0 Å². The van der Waals surface area contributed by atoms with Crippen LogP contribution in [0.3, 0.4) is 0 Å². The summed E-state index contributed by atoms with van der Waals surface area (Å²) in [6.07, 6.45) is 11.3. The SMILES string of the molecule is CCCCCCCCCc1ccc(OCCOCCOCCOCCOCCOCCOCCOCCOc2ccc(C=O)cc2)cc1. The van der Waals surface area contributed by atoms with Gasteiger partial charge in [-0.05, 0) is 54.8 Å². The van der Waals surface area contributed by atoms with Crippen LogP contribution in [0.25, 0.3) is 0 Å². The lowest BCUT2D eigenvalue weighted by atomic mass is 10.0. The van der Waals surface area contributed by atoms with Gasteiger partial charge >= 0.3 is 0 Å². The lowest BCUT2D eigenvalue weighted by Gasteiger charge is -2.09. The molecule has 0 fully saturated rings. The van der Waals surface area contributed by atoms with Gasteiger partial charge in [0, 0.05) is 5.56 Å². The number of benzene rings is 2. The maximum absolute atomic E-state index is 10.6. The van der Waals surface area contributed by atoms with E-state index < -0.39 is 0 Å². The number of unbranched alkanes of at least 4 members (excludes halogenated alkanes) is 6. The molecule has 0 saturated heterocycles. The Balaban J connectivity index is 1.21. The third-order valence-corrected chi connectivity index (χ3v) is 7.23. The maximum atomic E-state index is 10.6. The van der Waals surface area contributed by atoms with Gasteiger partial charge in [-0.2, -0.15) is 0 Å². The molecular formula is C38H60O10. The van der Waals surface area contributed by atoms with Gasteiger partial charge in [0.25, 0.3) is 0 Å². The van der Waals surface area contributed by atoms with E-state index in [1.165, 1.54) is 50.5 Å². The fourth-order valence-corrected chi connectivity index (χ4v) is 4.54. The van der Waals surface area contributed by atoms with Crippen molar-refractivity contribution in [1.29, 1.82) is 0 Å². The van der Waals surface area contributed by atoms with Crippen LogP contribution in [0.5, 0.6) is 11.5 Å². The fourth-order valence-electron chi connectivity index (χ4n) is 4.54. The number of aldehydes is 1. The van der Waals surface area contributed by atoms with Crippen LogP contribution < -0.4 is 9.47 Å². The Morgan fingerprint density at radius 3 is 1.12 bits per heavy atom. The molecule has 0 amide bonds. The van der Waals surface area contributed by atoms with E-state index in [-0.39, 0.29) is 0 Å². The Bertz CT molecular complexity index is 970. The third-order valence-electron chi connectivity index (χ3n) is 7.23. The first-order chi connectivity index (χ1) is 23.8. The van der Waals surface area contributed by atoms with Crippen LogP contribution in [0.2, 0.25) is 0 Å². The zero-order valence-electron chi connectivity index (χ0n) is 29.2. The molecule has 0 aliphatic heterocycles. The molecule has 2 aromatic rings. The number of carbonyl (C=O) groups excluding carboxylic acids is 1. The first-order valence-electron chi connectivity index (χ1n) is 17.8. The van der Waals surface area contributed by atoms with Crippen molar-refractivity contribution >= 4 is 6.29 Å². The highest BCUT2D eigenvalue weighted by molar-refractivity contribution is 5.74. The molecule has 0 aliphatic carbocycles. The van der Waals surface area contributed by atoms with Crippen molar-refractivity contribution in [1.82, 2.24) is 0 Å². The number of rotatable bonds is 35. The molecule has 0 unspecified atom stereocenters. The van der Waals surface area contributed by atoms with Crippen molar-refractivity contribution in [3.05, 3.63) is 59.7 Å². The number of hydrogen-bond donors (Lipinski definition) is 0. The number of hydrogen-bond acceptors (Lipinski definition) is 10. The van der Waals surface area contributed by atoms with Gasteiger partial charge < -0.3 is 42.6 Å². The Hall–Kier alpha value is -2.57. The average Bonchev–Trinajstić information content (AvgIpc) is 3.12. The molecule has 0 heterocycles. The summed E-state index contributed by atoms with van der Waals surface area (Å²) in [5, 5.41) is 0. The van der Waals surface area contributed by atoms with Gasteiger partial charge in [0.1, 0.15) is 31.0 Å². The Morgan fingerprint density at radius 1 is 0.417 bits per heavy atom. The first-order valence-corrected chi connectivity index (χ1v) is 17.8.